The minimum Gasteiger partial charge on any atom is -0.310 e. The smallest absolute Gasteiger partial charge is 0.159 e. The number of halogens is 3. The zero-order valence-electron chi connectivity index (χ0n) is 11.2. The van der Waals surface area contributed by atoms with Crippen LogP contribution in [-0.4, -0.2) is 6.04 Å². The Balaban J connectivity index is 1.82. The van der Waals surface area contributed by atoms with E-state index in [9.17, 15) is 8.78 Å². The zero-order valence-corrected chi connectivity index (χ0v) is 12.8. The summed E-state index contributed by atoms with van der Waals surface area (Å²) in [5, 5.41) is 4.12. The van der Waals surface area contributed by atoms with Crippen molar-refractivity contribution < 1.29 is 8.78 Å². The maximum absolute atomic E-state index is 13.3. The molecule has 1 saturated carbocycles. The topological polar surface area (TPSA) is 12.0 Å². The third kappa shape index (κ3) is 3.76. The first-order valence-electron chi connectivity index (χ1n) is 6.77. The Kier molecular flexibility index (Phi) is 4.48. The first-order valence-corrected chi connectivity index (χ1v) is 7.96. The van der Waals surface area contributed by atoms with Crippen LogP contribution in [0.25, 0.3) is 0 Å². The molecule has 1 fully saturated rings. The van der Waals surface area contributed by atoms with Gasteiger partial charge in [0.15, 0.2) is 11.6 Å². The lowest BCUT2D eigenvalue weighted by Gasteiger charge is -2.12. The summed E-state index contributed by atoms with van der Waals surface area (Å²) in [4.78, 5) is 1.62. The molecule has 5 heteroatoms. The van der Waals surface area contributed by atoms with E-state index >= 15 is 0 Å². The molecular weight excluding hydrogens is 312 g/mol. The molecule has 1 aliphatic carbocycles. The average Bonchev–Trinajstić information content (AvgIpc) is 3.26. The fourth-order valence-electron chi connectivity index (χ4n) is 2.01. The lowest BCUT2D eigenvalue weighted by molar-refractivity contribution is 0.506. The quantitative estimate of drug-likeness (QED) is 0.828. The SMILES string of the molecule is Fc1ccc(Sc2cccc(Cl)c2CNC2CC2)cc1F. The first-order chi connectivity index (χ1) is 10.1. The third-order valence-electron chi connectivity index (χ3n) is 3.34. The standard InChI is InChI=1S/C16H14ClF2NS/c17-13-2-1-3-16(12(13)9-20-10-4-5-10)21-11-6-7-14(18)15(19)8-11/h1-3,6-8,10,20H,4-5,9H2. The predicted octanol–water partition coefficient (Wildman–Crippen LogP) is 5.02. The molecule has 0 bridgehead atoms. The molecule has 1 N–H and O–H groups in total. The molecule has 0 unspecified atom stereocenters. The molecule has 0 radical (unpaired) electrons. The summed E-state index contributed by atoms with van der Waals surface area (Å²) in [6.07, 6.45) is 2.41. The van der Waals surface area contributed by atoms with Crippen LogP contribution in [0.5, 0.6) is 0 Å². The van der Waals surface area contributed by atoms with Crippen LogP contribution in [0.1, 0.15) is 18.4 Å². The van der Waals surface area contributed by atoms with Crippen molar-refractivity contribution in [2.24, 2.45) is 0 Å². The monoisotopic (exact) mass is 325 g/mol. The number of hydrogen-bond donors (Lipinski definition) is 1. The van der Waals surface area contributed by atoms with Crippen molar-refractivity contribution >= 4 is 23.4 Å². The van der Waals surface area contributed by atoms with E-state index in [0.717, 1.165) is 16.5 Å². The Morgan fingerprint density at radius 1 is 1.14 bits per heavy atom. The van der Waals surface area contributed by atoms with Gasteiger partial charge in [-0.25, -0.2) is 8.78 Å². The Hall–Kier alpha value is -1.10. The molecule has 3 rings (SSSR count). The van der Waals surface area contributed by atoms with Gasteiger partial charge >= 0.3 is 0 Å². The summed E-state index contributed by atoms with van der Waals surface area (Å²) < 4.78 is 26.3. The molecule has 1 aliphatic rings. The highest BCUT2D eigenvalue weighted by Gasteiger charge is 2.21. The minimum atomic E-state index is -0.834. The Morgan fingerprint density at radius 3 is 2.67 bits per heavy atom. The van der Waals surface area contributed by atoms with Gasteiger partial charge in [0.2, 0.25) is 0 Å². The van der Waals surface area contributed by atoms with Crippen molar-refractivity contribution in [3.05, 3.63) is 58.6 Å². The third-order valence-corrected chi connectivity index (χ3v) is 4.79. The van der Waals surface area contributed by atoms with Gasteiger partial charge in [0.05, 0.1) is 0 Å². The molecule has 0 aromatic heterocycles. The second kappa shape index (κ2) is 6.34. The lowest BCUT2D eigenvalue weighted by atomic mass is 10.2. The first kappa shape index (κ1) is 14.8. The van der Waals surface area contributed by atoms with Gasteiger partial charge in [0.25, 0.3) is 0 Å². The predicted molar refractivity (Wildman–Crippen MR) is 81.8 cm³/mol. The minimum absolute atomic E-state index is 0.586. The number of nitrogens with one attached hydrogen (secondary N) is 1. The van der Waals surface area contributed by atoms with Crippen LogP contribution in [0.2, 0.25) is 5.02 Å². The van der Waals surface area contributed by atoms with Crippen molar-refractivity contribution in [2.75, 3.05) is 0 Å². The van der Waals surface area contributed by atoms with Gasteiger partial charge in [-0.15, -0.1) is 0 Å². The van der Waals surface area contributed by atoms with Gasteiger partial charge in [-0.1, -0.05) is 29.4 Å². The molecule has 110 valence electrons. The molecule has 0 heterocycles. The van der Waals surface area contributed by atoms with E-state index in [-0.39, 0.29) is 0 Å². The van der Waals surface area contributed by atoms with Gasteiger partial charge in [-0.3, -0.25) is 0 Å². The van der Waals surface area contributed by atoms with E-state index in [1.165, 1.54) is 30.7 Å². The number of hydrogen-bond acceptors (Lipinski definition) is 2. The van der Waals surface area contributed by atoms with E-state index < -0.39 is 11.6 Å². The highest BCUT2D eigenvalue weighted by Crippen LogP contribution is 2.35. The fourth-order valence-corrected chi connectivity index (χ4v) is 3.31. The van der Waals surface area contributed by atoms with Crippen LogP contribution >= 0.6 is 23.4 Å². The van der Waals surface area contributed by atoms with Gasteiger partial charge in [-0.05, 0) is 48.7 Å². The van der Waals surface area contributed by atoms with Crippen molar-refractivity contribution in [1.82, 2.24) is 5.32 Å². The van der Waals surface area contributed by atoms with Gasteiger partial charge < -0.3 is 5.32 Å². The van der Waals surface area contributed by atoms with Gasteiger partial charge in [-0.2, -0.15) is 0 Å². The van der Waals surface area contributed by atoms with E-state index in [1.807, 2.05) is 18.2 Å². The Morgan fingerprint density at radius 2 is 1.95 bits per heavy atom. The van der Waals surface area contributed by atoms with Crippen molar-refractivity contribution in [2.45, 2.75) is 35.2 Å². The highest BCUT2D eigenvalue weighted by atomic mass is 35.5. The van der Waals surface area contributed by atoms with E-state index in [2.05, 4.69) is 5.32 Å². The molecule has 1 nitrogen and oxygen atoms in total. The van der Waals surface area contributed by atoms with Crippen LogP contribution in [0.15, 0.2) is 46.2 Å². The molecule has 2 aromatic rings. The summed E-state index contributed by atoms with van der Waals surface area (Å²) in [5.74, 6) is -1.67. The lowest BCUT2D eigenvalue weighted by Crippen LogP contribution is -2.16. The molecule has 2 aromatic carbocycles. The molecule has 0 atom stereocenters. The van der Waals surface area contributed by atoms with Crippen molar-refractivity contribution in [3.63, 3.8) is 0 Å². The highest BCUT2D eigenvalue weighted by molar-refractivity contribution is 7.99. The maximum Gasteiger partial charge on any atom is 0.159 e. The summed E-state index contributed by atoms with van der Waals surface area (Å²) in [6, 6.07) is 10.2. The van der Waals surface area contributed by atoms with Crippen LogP contribution in [0.3, 0.4) is 0 Å². The van der Waals surface area contributed by atoms with E-state index in [0.29, 0.717) is 22.5 Å². The normalized spacial score (nSPS) is 14.4. The fraction of sp³-hybridized carbons (Fsp3) is 0.250. The van der Waals surface area contributed by atoms with Crippen molar-refractivity contribution in [3.8, 4) is 0 Å². The van der Waals surface area contributed by atoms with Gasteiger partial charge in [0.1, 0.15) is 0 Å². The summed E-state index contributed by atoms with van der Waals surface area (Å²) in [6.45, 7) is 0.691. The summed E-state index contributed by atoms with van der Waals surface area (Å²) in [5.41, 5.74) is 1.00. The van der Waals surface area contributed by atoms with Gasteiger partial charge in [0, 0.05) is 27.4 Å². The molecular formula is C16H14ClF2NS. The summed E-state index contributed by atoms with van der Waals surface area (Å²) in [7, 11) is 0. The van der Waals surface area contributed by atoms with E-state index in [4.69, 9.17) is 11.6 Å². The van der Waals surface area contributed by atoms with Crippen LogP contribution in [0, 0.1) is 11.6 Å². The van der Waals surface area contributed by atoms with Crippen LogP contribution < -0.4 is 5.32 Å². The molecule has 21 heavy (non-hydrogen) atoms. The average molecular weight is 326 g/mol. The van der Waals surface area contributed by atoms with Crippen LogP contribution in [-0.2, 0) is 6.54 Å². The molecule has 0 spiro atoms. The Bertz CT molecular complexity index is 659. The largest absolute Gasteiger partial charge is 0.310 e. The Labute approximate surface area is 131 Å². The number of rotatable bonds is 5. The molecule has 0 saturated heterocycles. The molecule has 0 aliphatic heterocycles. The van der Waals surface area contributed by atoms with E-state index in [1.54, 1.807) is 6.07 Å². The summed E-state index contributed by atoms with van der Waals surface area (Å²) >= 11 is 7.66. The molecule has 0 amide bonds. The maximum atomic E-state index is 13.3. The second-order valence-electron chi connectivity index (χ2n) is 5.05. The zero-order chi connectivity index (χ0) is 14.8. The van der Waals surface area contributed by atoms with Crippen LogP contribution in [0.4, 0.5) is 8.78 Å². The number of benzene rings is 2. The van der Waals surface area contributed by atoms with Crippen molar-refractivity contribution in [1.29, 1.82) is 0 Å². The second-order valence-corrected chi connectivity index (χ2v) is 6.57.